The van der Waals surface area contributed by atoms with Crippen molar-refractivity contribution in [2.75, 3.05) is 13.7 Å². The van der Waals surface area contributed by atoms with Crippen LogP contribution in [-0.2, 0) is 11.8 Å². The first-order valence-electron chi connectivity index (χ1n) is 9.10. The molecule has 1 saturated carbocycles. The summed E-state index contributed by atoms with van der Waals surface area (Å²) in [6, 6.07) is 9.03. The number of hydrogen-bond acceptors (Lipinski definition) is 4. The smallest absolute Gasteiger partial charge is 0.263 e. The average molecular weight is 356 g/mol. The molecule has 6 heteroatoms. The highest BCUT2D eigenvalue weighted by Crippen LogP contribution is 2.42. The molecule has 0 radical (unpaired) electrons. The Balaban J connectivity index is 1.75. The topological polar surface area (TPSA) is 71.8 Å². The second kappa shape index (κ2) is 6.21. The predicted octanol–water partition coefficient (Wildman–Crippen LogP) is 1.68. The summed E-state index contributed by atoms with van der Waals surface area (Å²) >= 11 is 0. The summed E-state index contributed by atoms with van der Waals surface area (Å²) < 4.78 is 7.33. The lowest BCUT2D eigenvalue weighted by molar-refractivity contribution is -0.0824. The minimum absolute atomic E-state index is 0.179. The number of likely N-dealkylation sites (tertiary alicyclic amines) is 1. The van der Waals surface area contributed by atoms with E-state index in [0.29, 0.717) is 19.4 Å². The van der Waals surface area contributed by atoms with Gasteiger partial charge in [0.15, 0.2) is 0 Å². The number of aryl methyl sites for hydroxylation is 1. The van der Waals surface area contributed by atoms with Crippen molar-refractivity contribution < 1.29 is 14.6 Å². The minimum atomic E-state index is -0.434. The van der Waals surface area contributed by atoms with Crippen LogP contribution < -0.4 is 5.56 Å². The molecule has 26 heavy (non-hydrogen) atoms. The van der Waals surface area contributed by atoms with Crippen molar-refractivity contribution in [3.63, 3.8) is 0 Å². The van der Waals surface area contributed by atoms with Crippen molar-refractivity contribution >= 4 is 16.8 Å². The Morgan fingerprint density at radius 1 is 1.31 bits per heavy atom. The number of nitrogens with zero attached hydrogens (tertiary/aromatic N) is 2. The van der Waals surface area contributed by atoms with Crippen LogP contribution in [0.3, 0.4) is 0 Å². The van der Waals surface area contributed by atoms with E-state index in [0.717, 1.165) is 23.7 Å². The number of carbonyl (C=O) groups excluding carboxylic acids is 1. The quantitative estimate of drug-likeness (QED) is 0.889. The number of pyridine rings is 1. The number of aromatic nitrogens is 1. The van der Waals surface area contributed by atoms with E-state index in [1.807, 2.05) is 24.3 Å². The second-order valence-electron chi connectivity index (χ2n) is 7.44. The first-order valence-corrected chi connectivity index (χ1v) is 9.10. The summed E-state index contributed by atoms with van der Waals surface area (Å²) in [4.78, 5) is 27.8. The summed E-state index contributed by atoms with van der Waals surface area (Å²) in [5.74, 6) is -0.269. The number of amides is 1. The Bertz CT molecular complexity index is 922. The van der Waals surface area contributed by atoms with Gasteiger partial charge in [0, 0.05) is 20.7 Å². The van der Waals surface area contributed by atoms with Crippen LogP contribution >= 0.6 is 0 Å². The number of aliphatic hydroxyl groups is 1. The number of aliphatic hydroxyl groups excluding tert-OH is 1. The van der Waals surface area contributed by atoms with Crippen LogP contribution in [0, 0.1) is 0 Å². The number of carbonyl (C=O) groups is 1. The fraction of sp³-hybridized carbons (Fsp3) is 0.500. The number of rotatable bonds is 2. The van der Waals surface area contributed by atoms with Gasteiger partial charge in [-0.05, 0) is 43.2 Å². The van der Waals surface area contributed by atoms with Gasteiger partial charge in [-0.15, -0.1) is 0 Å². The van der Waals surface area contributed by atoms with E-state index in [4.69, 9.17) is 4.74 Å². The van der Waals surface area contributed by atoms with Gasteiger partial charge in [-0.2, -0.15) is 0 Å². The molecule has 1 saturated heterocycles. The average Bonchev–Trinajstić information content (AvgIpc) is 3.03. The highest BCUT2D eigenvalue weighted by Gasteiger charge is 2.52. The third-order valence-electron chi connectivity index (χ3n) is 6.19. The fourth-order valence-corrected chi connectivity index (χ4v) is 4.65. The zero-order valence-corrected chi connectivity index (χ0v) is 15.1. The summed E-state index contributed by atoms with van der Waals surface area (Å²) in [5, 5.41) is 11.0. The van der Waals surface area contributed by atoms with Crippen molar-refractivity contribution in [2.24, 2.45) is 7.05 Å². The third-order valence-corrected chi connectivity index (χ3v) is 6.19. The van der Waals surface area contributed by atoms with E-state index >= 15 is 0 Å². The highest BCUT2D eigenvalue weighted by molar-refractivity contribution is 5.97. The van der Waals surface area contributed by atoms with Crippen LogP contribution in [0.4, 0.5) is 0 Å². The van der Waals surface area contributed by atoms with Crippen molar-refractivity contribution in [1.82, 2.24) is 9.47 Å². The number of benzene rings is 1. The molecule has 1 amide bonds. The monoisotopic (exact) mass is 356 g/mol. The molecule has 138 valence electrons. The SMILES string of the molecule is CO[C@@]12CC[C@@H](O)C[C@@H]1N(C(=O)c1cc3ccccc3n(C)c1=O)CC2. The zero-order valence-electron chi connectivity index (χ0n) is 15.1. The molecule has 6 nitrogen and oxygen atoms in total. The Morgan fingerprint density at radius 2 is 2.08 bits per heavy atom. The molecule has 1 aromatic heterocycles. The molecule has 1 N–H and O–H groups in total. The summed E-state index contributed by atoms with van der Waals surface area (Å²) in [7, 11) is 3.36. The molecule has 0 unspecified atom stereocenters. The molecule has 0 spiro atoms. The van der Waals surface area contributed by atoms with E-state index in [-0.39, 0.29) is 23.1 Å². The number of methoxy groups -OCH3 is 1. The molecule has 2 aromatic rings. The van der Waals surface area contributed by atoms with E-state index in [1.54, 1.807) is 25.1 Å². The lowest BCUT2D eigenvalue weighted by Gasteiger charge is -2.42. The molecular weight excluding hydrogens is 332 g/mol. The Kier molecular flexibility index (Phi) is 4.12. The van der Waals surface area contributed by atoms with Gasteiger partial charge >= 0.3 is 0 Å². The largest absolute Gasteiger partial charge is 0.393 e. The number of fused-ring (bicyclic) bond motifs is 2. The Labute approximate surface area is 152 Å². The van der Waals surface area contributed by atoms with Crippen LogP contribution in [0.1, 0.15) is 36.0 Å². The molecule has 1 aliphatic carbocycles. The van der Waals surface area contributed by atoms with Gasteiger partial charge in [0.05, 0.1) is 23.3 Å². The maximum Gasteiger partial charge on any atom is 0.263 e. The van der Waals surface area contributed by atoms with Gasteiger partial charge in [0.1, 0.15) is 5.56 Å². The van der Waals surface area contributed by atoms with Gasteiger partial charge < -0.3 is 19.3 Å². The molecule has 1 aromatic carbocycles. The van der Waals surface area contributed by atoms with Gasteiger partial charge in [-0.3, -0.25) is 9.59 Å². The predicted molar refractivity (Wildman–Crippen MR) is 98.2 cm³/mol. The number of ether oxygens (including phenoxy) is 1. The van der Waals surface area contributed by atoms with Gasteiger partial charge in [0.25, 0.3) is 11.5 Å². The minimum Gasteiger partial charge on any atom is -0.393 e. The van der Waals surface area contributed by atoms with Gasteiger partial charge in [0.2, 0.25) is 0 Å². The summed E-state index contributed by atoms with van der Waals surface area (Å²) in [6.07, 6.45) is 2.21. The Hall–Kier alpha value is -2.18. The van der Waals surface area contributed by atoms with Crippen LogP contribution in [0.15, 0.2) is 35.1 Å². The normalized spacial score (nSPS) is 28.3. The number of hydrogen-bond donors (Lipinski definition) is 1. The molecular formula is C20H24N2O4. The lowest BCUT2D eigenvalue weighted by Crippen LogP contribution is -2.53. The maximum atomic E-state index is 13.3. The van der Waals surface area contributed by atoms with Crippen molar-refractivity contribution in [3.05, 3.63) is 46.2 Å². The van der Waals surface area contributed by atoms with E-state index in [2.05, 4.69) is 0 Å². The molecule has 3 atom stereocenters. The standard InChI is InChI=1S/C20H24N2O4/c1-21-16-6-4-3-5-13(16)11-15(18(21)24)19(25)22-10-9-20(26-2)8-7-14(23)12-17(20)22/h3-6,11,14,17,23H,7-10,12H2,1-2H3/t14-,17+,20-/m1/s1. The molecule has 2 fully saturated rings. The molecule has 2 heterocycles. The van der Waals surface area contributed by atoms with Crippen molar-refractivity contribution in [3.8, 4) is 0 Å². The van der Waals surface area contributed by atoms with Crippen LogP contribution in [0.2, 0.25) is 0 Å². The maximum absolute atomic E-state index is 13.3. The van der Waals surface area contributed by atoms with Crippen LogP contribution in [0.5, 0.6) is 0 Å². The van der Waals surface area contributed by atoms with Crippen LogP contribution in [0.25, 0.3) is 10.9 Å². The zero-order chi connectivity index (χ0) is 18.5. The highest BCUT2D eigenvalue weighted by atomic mass is 16.5. The second-order valence-corrected chi connectivity index (χ2v) is 7.44. The van der Waals surface area contributed by atoms with Crippen LogP contribution in [-0.4, -0.2) is 51.9 Å². The number of para-hydroxylation sites is 1. The lowest BCUT2D eigenvalue weighted by atomic mass is 9.79. The summed E-state index contributed by atoms with van der Waals surface area (Å²) in [5.41, 5.74) is 0.282. The van der Waals surface area contributed by atoms with Crippen molar-refractivity contribution in [1.29, 1.82) is 0 Å². The first-order chi connectivity index (χ1) is 12.5. The van der Waals surface area contributed by atoms with E-state index in [9.17, 15) is 14.7 Å². The summed E-state index contributed by atoms with van der Waals surface area (Å²) in [6.45, 7) is 0.542. The van der Waals surface area contributed by atoms with Gasteiger partial charge in [-0.1, -0.05) is 18.2 Å². The van der Waals surface area contributed by atoms with E-state index < -0.39 is 11.7 Å². The molecule has 1 aliphatic heterocycles. The Morgan fingerprint density at radius 3 is 2.85 bits per heavy atom. The van der Waals surface area contributed by atoms with Crippen molar-refractivity contribution in [2.45, 2.75) is 43.4 Å². The van der Waals surface area contributed by atoms with Gasteiger partial charge in [-0.25, -0.2) is 0 Å². The first kappa shape index (κ1) is 17.2. The van der Waals surface area contributed by atoms with E-state index in [1.165, 1.54) is 4.57 Å². The fourth-order valence-electron chi connectivity index (χ4n) is 4.65. The molecule has 4 rings (SSSR count). The molecule has 2 aliphatic rings. The third kappa shape index (κ3) is 2.47. The molecule has 0 bridgehead atoms.